The van der Waals surface area contributed by atoms with Crippen molar-refractivity contribution in [1.29, 1.82) is 0 Å². The summed E-state index contributed by atoms with van der Waals surface area (Å²) in [5.41, 5.74) is 0. The molecule has 0 aromatic carbocycles. The molecule has 0 unspecified atom stereocenters. The Balaban J connectivity index is 0.000000563. The SMILES string of the molecule is O=C1C2CC3CC(C2)CC1C3.[KH]. The molecule has 0 saturated heterocycles. The van der Waals surface area contributed by atoms with Crippen LogP contribution in [0, 0.1) is 23.7 Å². The van der Waals surface area contributed by atoms with Crippen LogP contribution in [0.25, 0.3) is 0 Å². The molecule has 4 aliphatic carbocycles. The first kappa shape index (κ1) is 9.85. The van der Waals surface area contributed by atoms with E-state index >= 15 is 0 Å². The molecule has 0 spiro atoms. The Kier molecular flexibility index (Phi) is 2.84. The molecule has 0 aliphatic heterocycles. The van der Waals surface area contributed by atoms with Crippen LogP contribution in [0.15, 0.2) is 0 Å². The first-order valence-electron chi connectivity index (χ1n) is 4.86. The first-order chi connectivity index (χ1) is 5.33. The summed E-state index contributed by atoms with van der Waals surface area (Å²) >= 11 is 0. The van der Waals surface area contributed by atoms with Gasteiger partial charge in [0.2, 0.25) is 0 Å². The van der Waals surface area contributed by atoms with Gasteiger partial charge in [-0.1, -0.05) is 0 Å². The van der Waals surface area contributed by atoms with Crippen LogP contribution >= 0.6 is 0 Å². The second-order valence-corrected chi connectivity index (χ2v) is 4.71. The van der Waals surface area contributed by atoms with E-state index in [9.17, 15) is 4.79 Å². The molecule has 0 N–H and O–H groups in total. The van der Waals surface area contributed by atoms with Gasteiger partial charge in [-0.05, 0) is 43.9 Å². The van der Waals surface area contributed by atoms with E-state index in [-0.39, 0.29) is 51.4 Å². The van der Waals surface area contributed by atoms with Gasteiger partial charge in [-0.15, -0.1) is 0 Å². The van der Waals surface area contributed by atoms with Gasteiger partial charge < -0.3 is 0 Å². The fourth-order valence-corrected chi connectivity index (χ4v) is 3.65. The van der Waals surface area contributed by atoms with Crippen LogP contribution in [0.4, 0.5) is 0 Å². The van der Waals surface area contributed by atoms with E-state index in [0.29, 0.717) is 17.6 Å². The molecule has 4 saturated carbocycles. The van der Waals surface area contributed by atoms with Gasteiger partial charge >= 0.3 is 51.4 Å². The predicted molar refractivity (Wildman–Crippen MR) is 49.2 cm³/mol. The quantitative estimate of drug-likeness (QED) is 0.527. The molecule has 0 heterocycles. The molecule has 1 nitrogen and oxygen atoms in total. The normalized spacial score (nSPS) is 49.2. The third-order valence-corrected chi connectivity index (χ3v) is 3.94. The molecular formula is C10H15KO. The van der Waals surface area contributed by atoms with Crippen molar-refractivity contribution < 1.29 is 4.79 Å². The zero-order valence-electron chi connectivity index (χ0n) is 6.75. The minimum absolute atomic E-state index is 0. The van der Waals surface area contributed by atoms with Crippen LogP contribution in [0.5, 0.6) is 0 Å². The number of hydrogen-bond acceptors (Lipinski definition) is 1. The van der Waals surface area contributed by atoms with Crippen molar-refractivity contribution in [3.63, 3.8) is 0 Å². The molecule has 4 rings (SSSR count). The van der Waals surface area contributed by atoms with Crippen molar-refractivity contribution in [2.24, 2.45) is 23.7 Å². The van der Waals surface area contributed by atoms with Crippen LogP contribution in [-0.4, -0.2) is 57.2 Å². The van der Waals surface area contributed by atoms with Gasteiger partial charge in [0.1, 0.15) is 5.78 Å². The summed E-state index contributed by atoms with van der Waals surface area (Å²) in [7, 11) is 0. The molecule has 0 atom stereocenters. The Bertz CT molecular complexity index is 182. The van der Waals surface area contributed by atoms with E-state index in [1.54, 1.807) is 0 Å². The van der Waals surface area contributed by atoms with Crippen molar-refractivity contribution in [3.05, 3.63) is 0 Å². The molecule has 0 radical (unpaired) electrons. The summed E-state index contributed by atoms with van der Waals surface area (Å²) in [5, 5.41) is 0. The average molecular weight is 190 g/mol. The minimum atomic E-state index is 0. The van der Waals surface area contributed by atoms with Crippen molar-refractivity contribution in [3.8, 4) is 0 Å². The molecule has 4 bridgehead atoms. The Hall–Kier alpha value is 1.31. The average Bonchev–Trinajstić information content (AvgIpc) is 1.98. The zero-order valence-corrected chi connectivity index (χ0v) is 6.75. The fraction of sp³-hybridized carbons (Fsp3) is 0.900. The second kappa shape index (κ2) is 3.47. The van der Waals surface area contributed by atoms with E-state index in [1.165, 1.54) is 32.1 Å². The Labute approximate surface area is 116 Å². The van der Waals surface area contributed by atoms with E-state index in [4.69, 9.17) is 0 Å². The van der Waals surface area contributed by atoms with Crippen molar-refractivity contribution in [1.82, 2.24) is 0 Å². The number of rotatable bonds is 0. The van der Waals surface area contributed by atoms with Crippen molar-refractivity contribution in [2.75, 3.05) is 0 Å². The Morgan fingerprint density at radius 1 is 0.833 bits per heavy atom. The van der Waals surface area contributed by atoms with E-state index in [1.807, 2.05) is 0 Å². The molecule has 0 amide bonds. The van der Waals surface area contributed by atoms with Crippen molar-refractivity contribution >= 4 is 57.2 Å². The summed E-state index contributed by atoms with van der Waals surface area (Å²) in [6.45, 7) is 0. The van der Waals surface area contributed by atoms with Crippen LogP contribution in [0.3, 0.4) is 0 Å². The summed E-state index contributed by atoms with van der Waals surface area (Å²) in [6, 6.07) is 0. The zero-order chi connectivity index (χ0) is 7.42. The van der Waals surface area contributed by atoms with E-state index in [2.05, 4.69) is 0 Å². The molecule has 2 heteroatoms. The molecule has 4 fully saturated rings. The van der Waals surface area contributed by atoms with E-state index < -0.39 is 0 Å². The number of carbonyl (C=O) groups is 1. The summed E-state index contributed by atoms with van der Waals surface area (Å²) in [6.07, 6.45) is 6.41. The number of hydrogen-bond donors (Lipinski definition) is 0. The number of ketones is 1. The summed E-state index contributed by atoms with van der Waals surface area (Å²) < 4.78 is 0. The predicted octanol–water partition coefficient (Wildman–Crippen LogP) is 1.36. The monoisotopic (exact) mass is 190 g/mol. The van der Waals surface area contributed by atoms with Crippen LogP contribution in [0.2, 0.25) is 0 Å². The van der Waals surface area contributed by atoms with Gasteiger partial charge in [0.15, 0.2) is 0 Å². The van der Waals surface area contributed by atoms with Gasteiger partial charge in [-0.3, -0.25) is 4.79 Å². The Morgan fingerprint density at radius 3 is 1.67 bits per heavy atom. The molecule has 0 aromatic heterocycles. The van der Waals surface area contributed by atoms with Crippen molar-refractivity contribution in [2.45, 2.75) is 32.1 Å². The van der Waals surface area contributed by atoms with Gasteiger partial charge in [0.25, 0.3) is 0 Å². The van der Waals surface area contributed by atoms with Crippen LogP contribution in [0.1, 0.15) is 32.1 Å². The van der Waals surface area contributed by atoms with Gasteiger partial charge in [0.05, 0.1) is 0 Å². The topological polar surface area (TPSA) is 17.1 Å². The molecule has 12 heavy (non-hydrogen) atoms. The first-order valence-corrected chi connectivity index (χ1v) is 4.86. The van der Waals surface area contributed by atoms with Gasteiger partial charge in [-0.2, -0.15) is 0 Å². The van der Waals surface area contributed by atoms with Gasteiger partial charge in [-0.25, -0.2) is 0 Å². The van der Waals surface area contributed by atoms with Crippen LogP contribution in [-0.2, 0) is 4.79 Å². The second-order valence-electron chi connectivity index (χ2n) is 4.71. The van der Waals surface area contributed by atoms with Gasteiger partial charge in [0, 0.05) is 11.8 Å². The maximum atomic E-state index is 11.6. The third-order valence-electron chi connectivity index (χ3n) is 3.94. The number of carbonyl (C=O) groups excluding carboxylic acids is 1. The van der Waals surface area contributed by atoms with Crippen LogP contribution < -0.4 is 0 Å². The molecule has 4 aliphatic rings. The fourth-order valence-electron chi connectivity index (χ4n) is 3.65. The molecule has 0 aromatic rings. The molecular weight excluding hydrogens is 175 g/mol. The summed E-state index contributed by atoms with van der Waals surface area (Å²) in [5.74, 6) is 3.51. The standard InChI is InChI=1S/C10H14O.K.H/c11-10-8-2-6-1-7(4-8)5-9(10)3-6;;/h6-9H,1-5H2;;. The number of Topliss-reactive ketones (excluding diaryl/α,β-unsaturated/α-hetero) is 1. The third kappa shape index (κ3) is 1.40. The Morgan fingerprint density at radius 2 is 1.25 bits per heavy atom. The summed E-state index contributed by atoms with van der Waals surface area (Å²) in [4.78, 5) is 11.6. The molecule has 62 valence electrons. The maximum absolute atomic E-state index is 11.6. The van der Waals surface area contributed by atoms with E-state index in [0.717, 1.165) is 11.8 Å².